The Balaban J connectivity index is 2.22. The SMILES string of the molecule is CCOC(=O)C1=NO[C@@H]2CC[C@](N)(C(=O)OCC)[C@H]12. The number of carbonyl (C=O) groups is 2. The average molecular weight is 270 g/mol. The molecule has 7 nitrogen and oxygen atoms in total. The van der Waals surface area contributed by atoms with E-state index < -0.39 is 23.4 Å². The molecule has 0 aromatic rings. The average Bonchev–Trinajstić information content (AvgIpc) is 2.93. The molecule has 2 aliphatic rings. The van der Waals surface area contributed by atoms with Gasteiger partial charge in [0.15, 0.2) is 5.71 Å². The fourth-order valence-electron chi connectivity index (χ4n) is 2.61. The van der Waals surface area contributed by atoms with Gasteiger partial charge in [0.05, 0.1) is 19.1 Å². The van der Waals surface area contributed by atoms with Gasteiger partial charge in [0.25, 0.3) is 0 Å². The lowest BCUT2D eigenvalue weighted by atomic mass is 9.83. The van der Waals surface area contributed by atoms with Gasteiger partial charge in [-0.05, 0) is 26.7 Å². The Morgan fingerprint density at radius 3 is 2.74 bits per heavy atom. The third kappa shape index (κ3) is 2.18. The van der Waals surface area contributed by atoms with Crippen LogP contribution in [0.4, 0.5) is 0 Å². The van der Waals surface area contributed by atoms with E-state index in [1.807, 2.05) is 0 Å². The van der Waals surface area contributed by atoms with Crippen molar-refractivity contribution in [3.8, 4) is 0 Å². The van der Waals surface area contributed by atoms with E-state index in [-0.39, 0.29) is 25.0 Å². The second kappa shape index (κ2) is 5.16. The third-order valence-corrected chi connectivity index (χ3v) is 3.49. The van der Waals surface area contributed by atoms with Gasteiger partial charge in [0.1, 0.15) is 11.6 Å². The highest BCUT2D eigenvalue weighted by atomic mass is 16.6. The van der Waals surface area contributed by atoms with Crippen molar-refractivity contribution < 1.29 is 23.9 Å². The molecule has 0 aromatic heterocycles. The van der Waals surface area contributed by atoms with Crippen LogP contribution in [0.5, 0.6) is 0 Å². The van der Waals surface area contributed by atoms with Gasteiger partial charge < -0.3 is 20.0 Å². The first-order chi connectivity index (χ1) is 9.04. The topological polar surface area (TPSA) is 100 Å². The summed E-state index contributed by atoms with van der Waals surface area (Å²) < 4.78 is 9.91. The first kappa shape index (κ1) is 13.8. The number of nitrogens with zero attached hydrogens (tertiary/aromatic N) is 1. The highest BCUT2D eigenvalue weighted by Gasteiger charge is 2.60. The summed E-state index contributed by atoms with van der Waals surface area (Å²) >= 11 is 0. The summed E-state index contributed by atoms with van der Waals surface area (Å²) in [6, 6.07) is 0. The molecule has 0 radical (unpaired) electrons. The molecule has 0 amide bonds. The summed E-state index contributed by atoms with van der Waals surface area (Å²) in [6.07, 6.45) is 0.611. The summed E-state index contributed by atoms with van der Waals surface area (Å²) in [4.78, 5) is 29.0. The van der Waals surface area contributed by atoms with Crippen molar-refractivity contribution >= 4 is 17.7 Å². The van der Waals surface area contributed by atoms with Crippen LogP contribution < -0.4 is 5.73 Å². The monoisotopic (exact) mass is 270 g/mol. The van der Waals surface area contributed by atoms with E-state index in [0.717, 1.165) is 0 Å². The lowest BCUT2D eigenvalue weighted by molar-refractivity contribution is -0.150. The molecule has 1 saturated carbocycles. The Morgan fingerprint density at radius 2 is 2.11 bits per heavy atom. The maximum atomic E-state index is 12.0. The van der Waals surface area contributed by atoms with Crippen molar-refractivity contribution in [3.63, 3.8) is 0 Å². The minimum Gasteiger partial charge on any atom is -0.465 e. The predicted molar refractivity (Wildman–Crippen MR) is 65.2 cm³/mol. The number of esters is 2. The fourth-order valence-corrected chi connectivity index (χ4v) is 2.61. The smallest absolute Gasteiger partial charge is 0.356 e. The number of carbonyl (C=O) groups excluding carboxylic acids is 2. The number of rotatable bonds is 4. The van der Waals surface area contributed by atoms with Crippen LogP contribution in [0.25, 0.3) is 0 Å². The zero-order chi connectivity index (χ0) is 14.0. The van der Waals surface area contributed by atoms with Crippen LogP contribution in [-0.2, 0) is 23.9 Å². The van der Waals surface area contributed by atoms with Gasteiger partial charge in [-0.3, -0.25) is 4.79 Å². The minimum absolute atomic E-state index is 0.0832. The normalized spacial score (nSPS) is 32.3. The molecule has 0 aromatic carbocycles. The molecule has 2 rings (SSSR count). The van der Waals surface area contributed by atoms with Crippen LogP contribution in [0.15, 0.2) is 5.16 Å². The van der Waals surface area contributed by atoms with Crippen LogP contribution in [0.2, 0.25) is 0 Å². The van der Waals surface area contributed by atoms with Gasteiger partial charge in [-0.2, -0.15) is 0 Å². The molecule has 7 heteroatoms. The zero-order valence-corrected chi connectivity index (χ0v) is 11.0. The standard InChI is InChI=1S/C12H18N2O5/c1-3-17-10(15)9-8-7(19-14-9)5-6-12(8,13)11(16)18-4-2/h7-8H,3-6,13H2,1-2H3/t7-,8+,12-/m1/s1. The van der Waals surface area contributed by atoms with Crippen LogP contribution in [0.3, 0.4) is 0 Å². The predicted octanol–water partition coefficient (Wildman–Crippen LogP) is -0.0251. The summed E-state index contributed by atoms with van der Waals surface area (Å²) in [5.41, 5.74) is 4.98. The molecule has 2 N–H and O–H groups in total. The van der Waals surface area contributed by atoms with E-state index in [1.165, 1.54) is 0 Å². The Bertz CT molecular complexity index is 422. The highest BCUT2D eigenvalue weighted by molar-refractivity contribution is 6.38. The van der Waals surface area contributed by atoms with Crippen molar-refractivity contribution in [1.29, 1.82) is 0 Å². The number of hydrogen-bond acceptors (Lipinski definition) is 7. The van der Waals surface area contributed by atoms with E-state index in [4.69, 9.17) is 20.0 Å². The summed E-state index contributed by atoms with van der Waals surface area (Å²) in [6.45, 7) is 3.87. The molecule has 19 heavy (non-hydrogen) atoms. The van der Waals surface area contributed by atoms with Gasteiger partial charge in [-0.1, -0.05) is 5.16 Å². The maximum absolute atomic E-state index is 12.0. The first-order valence-electron chi connectivity index (χ1n) is 6.41. The number of nitrogens with two attached hydrogens (primary N) is 1. The van der Waals surface area contributed by atoms with Crippen molar-refractivity contribution in [1.82, 2.24) is 0 Å². The van der Waals surface area contributed by atoms with Crippen molar-refractivity contribution in [3.05, 3.63) is 0 Å². The molecule has 1 aliphatic heterocycles. The largest absolute Gasteiger partial charge is 0.465 e. The molecular formula is C12H18N2O5. The molecule has 1 aliphatic carbocycles. The van der Waals surface area contributed by atoms with Gasteiger partial charge in [-0.25, -0.2) is 4.79 Å². The number of ether oxygens (including phenoxy) is 2. The van der Waals surface area contributed by atoms with Gasteiger partial charge in [0.2, 0.25) is 0 Å². The second-order valence-corrected chi connectivity index (χ2v) is 4.62. The zero-order valence-electron chi connectivity index (χ0n) is 11.0. The Hall–Kier alpha value is -1.63. The summed E-state index contributed by atoms with van der Waals surface area (Å²) in [5, 5.41) is 3.73. The number of hydrogen-bond donors (Lipinski definition) is 1. The van der Waals surface area contributed by atoms with Crippen molar-refractivity contribution in [2.45, 2.75) is 38.3 Å². The van der Waals surface area contributed by atoms with E-state index in [1.54, 1.807) is 13.8 Å². The van der Waals surface area contributed by atoms with E-state index in [9.17, 15) is 9.59 Å². The van der Waals surface area contributed by atoms with Crippen LogP contribution in [0.1, 0.15) is 26.7 Å². The van der Waals surface area contributed by atoms with Crippen molar-refractivity contribution in [2.75, 3.05) is 13.2 Å². The Labute approximate surface area is 111 Å². The van der Waals surface area contributed by atoms with Crippen LogP contribution in [0, 0.1) is 5.92 Å². The van der Waals surface area contributed by atoms with E-state index in [0.29, 0.717) is 12.8 Å². The molecule has 3 atom stereocenters. The highest BCUT2D eigenvalue weighted by Crippen LogP contribution is 2.41. The molecule has 1 fully saturated rings. The quantitative estimate of drug-likeness (QED) is 0.720. The van der Waals surface area contributed by atoms with Gasteiger partial charge >= 0.3 is 11.9 Å². The summed E-state index contributed by atoms with van der Waals surface area (Å²) in [7, 11) is 0. The molecule has 1 heterocycles. The van der Waals surface area contributed by atoms with E-state index >= 15 is 0 Å². The minimum atomic E-state index is -1.26. The van der Waals surface area contributed by atoms with Crippen molar-refractivity contribution in [2.24, 2.45) is 16.8 Å². The molecule has 0 spiro atoms. The lowest BCUT2D eigenvalue weighted by Crippen LogP contribution is -2.56. The first-order valence-corrected chi connectivity index (χ1v) is 6.41. The van der Waals surface area contributed by atoms with Crippen LogP contribution >= 0.6 is 0 Å². The number of oxime groups is 1. The fraction of sp³-hybridized carbons (Fsp3) is 0.750. The molecule has 0 unspecified atom stereocenters. The Morgan fingerprint density at radius 1 is 1.42 bits per heavy atom. The van der Waals surface area contributed by atoms with Gasteiger partial charge in [-0.15, -0.1) is 0 Å². The third-order valence-electron chi connectivity index (χ3n) is 3.49. The molecule has 0 bridgehead atoms. The number of fused-ring (bicyclic) bond motifs is 1. The molecular weight excluding hydrogens is 252 g/mol. The van der Waals surface area contributed by atoms with Gasteiger partial charge in [0, 0.05) is 0 Å². The summed E-state index contributed by atoms with van der Waals surface area (Å²) in [5.74, 6) is -1.70. The van der Waals surface area contributed by atoms with Crippen LogP contribution in [-0.4, -0.2) is 42.5 Å². The lowest BCUT2D eigenvalue weighted by Gasteiger charge is -2.27. The second-order valence-electron chi connectivity index (χ2n) is 4.62. The molecule has 106 valence electrons. The molecule has 0 saturated heterocycles. The Kier molecular flexibility index (Phi) is 3.75. The van der Waals surface area contributed by atoms with E-state index in [2.05, 4.69) is 5.16 Å². The maximum Gasteiger partial charge on any atom is 0.356 e.